The molecule has 166 valence electrons. The first-order chi connectivity index (χ1) is 15.2. The number of sulfonamides is 1. The Morgan fingerprint density at radius 3 is 2.38 bits per heavy atom. The van der Waals surface area contributed by atoms with Crippen LogP contribution in [0.15, 0.2) is 70.7 Å². The predicted molar refractivity (Wildman–Crippen MR) is 124 cm³/mol. The van der Waals surface area contributed by atoms with Gasteiger partial charge >= 0.3 is 5.97 Å². The average Bonchev–Trinajstić information content (AvgIpc) is 2.74. The lowest BCUT2D eigenvalue weighted by atomic mass is 10.2. The number of aryl methyl sites for hydroxylation is 1. The minimum absolute atomic E-state index is 0.0981. The number of hydrazone groups is 1. The highest BCUT2D eigenvalue weighted by atomic mass is 35.5. The molecule has 7 nitrogen and oxygen atoms in total. The zero-order valence-electron chi connectivity index (χ0n) is 17.0. The van der Waals surface area contributed by atoms with Crippen molar-refractivity contribution in [3.63, 3.8) is 0 Å². The van der Waals surface area contributed by atoms with Crippen molar-refractivity contribution in [2.75, 3.05) is 7.11 Å². The Hall–Kier alpha value is -3.07. The van der Waals surface area contributed by atoms with E-state index in [1.807, 2.05) is 6.92 Å². The first-order valence-corrected chi connectivity index (χ1v) is 11.4. The molecule has 3 aromatic carbocycles. The number of nitrogens with one attached hydrogen (secondary N) is 1. The summed E-state index contributed by atoms with van der Waals surface area (Å²) in [6.45, 7) is 1.86. The number of nitrogens with zero attached hydrogens (tertiary/aromatic N) is 1. The molecule has 0 unspecified atom stereocenters. The number of halogens is 2. The van der Waals surface area contributed by atoms with Crippen LogP contribution in [0, 0.1) is 6.92 Å². The molecule has 0 heterocycles. The molecule has 0 bridgehead atoms. The highest BCUT2D eigenvalue weighted by Gasteiger charge is 2.16. The van der Waals surface area contributed by atoms with Crippen LogP contribution in [-0.2, 0) is 10.0 Å². The molecule has 0 saturated heterocycles. The van der Waals surface area contributed by atoms with E-state index in [-0.39, 0.29) is 27.0 Å². The number of ether oxygens (including phenoxy) is 2. The molecule has 32 heavy (non-hydrogen) atoms. The van der Waals surface area contributed by atoms with Crippen molar-refractivity contribution in [3.8, 4) is 11.5 Å². The number of carbonyl (C=O) groups excluding carboxylic acids is 1. The van der Waals surface area contributed by atoms with Gasteiger partial charge in [0.05, 0.1) is 28.8 Å². The number of hydrogen-bond acceptors (Lipinski definition) is 6. The second-order valence-electron chi connectivity index (χ2n) is 6.59. The standard InChI is InChI=1S/C22H18Cl2N2O5S/c1-14-3-7-17(8-4-14)32(28,29)26-25-13-15-5-10-20(21(11-15)30-2)31-22(27)18-9-6-16(23)12-19(18)24/h3-13,26H,1-2H3. The Balaban J connectivity index is 1.73. The van der Waals surface area contributed by atoms with Crippen LogP contribution in [0.4, 0.5) is 0 Å². The van der Waals surface area contributed by atoms with Crippen molar-refractivity contribution in [1.82, 2.24) is 4.83 Å². The molecule has 0 fully saturated rings. The minimum atomic E-state index is -3.80. The molecule has 0 aliphatic heterocycles. The maximum atomic E-state index is 12.4. The van der Waals surface area contributed by atoms with Gasteiger partial charge in [0.1, 0.15) is 0 Å². The van der Waals surface area contributed by atoms with E-state index in [2.05, 4.69) is 9.93 Å². The second-order valence-corrected chi connectivity index (χ2v) is 9.09. The van der Waals surface area contributed by atoms with Crippen molar-refractivity contribution in [1.29, 1.82) is 0 Å². The summed E-state index contributed by atoms with van der Waals surface area (Å²) in [5, 5.41) is 4.34. The van der Waals surface area contributed by atoms with Gasteiger partial charge in [-0.3, -0.25) is 0 Å². The topological polar surface area (TPSA) is 94.1 Å². The highest BCUT2D eigenvalue weighted by molar-refractivity contribution is 7.89. The molecule has 0 aliphatic carbocycles. The smallest absolute Gasteiger partial charge is 0.345 e. The maximum Gasteiger partial charge on any atom is 0.345 e. The number of methoxy groups -OCH3 is 1. The molecular weight excluding hydrogens is 475 g/mol. The molecule has 3 rings (SSSR count). The highest BCUT2D eigenvalue weighted by Crippen LogP contribution is 2.30. The van der Waals surface area contributed by atoms with Crippen molar-refractivity contribution in [3.05, 3.63) is 87.4 Å². The number of benzene rings is 3. The Morgan fingerprint density at radius 1 is 1.00 bits per heavy atom. The molecule has 0 radical (unpaired) electrons. The summed E-state index contributed by atoms with van der Waals surface area (Å²) in [7, 11) is -2.39. The van der Waals surface area contributed by atoms with Gasteiger partial charge in [-0.05, 0) is 61.0 Å². The van der Waals surface area contributed by atoms with Crippen LogP contribution in [0.1, 0.15) is 21.5 Å². The predicted octanol–water partition coefficient (Wildman–Crippen LogP) is 4.84. The monoisotopic (exact) mass is 492 g/mol. The lowest BCUT2D eigenvalue weighted by Crippen LogP contribution is -2.18. The third-order valence-corrected chi connectivity index (χ3v) is 6.05. The van der Waals surface area contributed by atoms with E-state index in [0.717, 1.165) is 5.56 Å². The summed E-state index contributed by atoms with van der Waals surface area (Å²) in [4.78, 5) is 14.7. The molecule has 0 aliphatic rings. The van der Waals surface area contributed by atoms with Crippen molar-refractivity contribution < 1.29 is 22.7 Å². The first-order valence-electron chi connectivity index (χ1n) is 9.16. The van der Waals surface area contributed by atoms with Crippen molar-refractivity contribution >= 4 is 45.4 Å². The van der Waals surface area contributed by atoms with Crippen LogP contribution in [0.5, 0.6) is 11.5 Å². The van der Waals surface area contributed by atoms with E-state index in [1.165, 1.54) is 55.8 Å². The third-order valence-electron chi connectivity index (χ3n) is 4.26. The van der Waals surface area contributed by atoms with Gasteiger partial charge in [-0.15, -0.1) is 0 Å². The van der Waals surface area contributed by atoms with E-state index >= 15 is 0 Å². The third kappa shape index (κ3) is 5.79. The van der Waals surface area contributed by atoms with Crippen LogP contribution in [0.25, 0.3) is 0 Å². The van der Waals surface area contributed by atoms with E-state index in [0.29, 0.717) is 10.6 Å². The van der Waals surface area contributed by atoms with Crippen LogP contribution < -0.4 is 14.3 Å². The van der Waals surface area contributed by atoms with Crippen molar-refractivity contribution in [2.45, 2.75) is 11.8 Å². The quantitative estimate of drug-likeness (QED) is 0.220. The average molecular weight is 493 g/mol. The van der Waals surface area contributed by atoms with E-state index in [9.17, 15) is 13.2 Å². The first kappa shape index (κ1) is 23.6. The molecule has 0 aromatic heterocycles. The maximum absolute atomic E-state index is 12.4. The summed E-state index contributed by atoms with van der Waals surface area (Å²) in [6.07, 6.45) is 1.30. The van der Waals surface area contributed by atoms with Gasteiger partial charge in [-0.25, -0.2) is 9.63 Å². The summed E-state index contributed by atoms with van der Waals surface area (Å²) in [5.74, 6) is -0.285. The minimum Gasteiger partial charge on any atom is -0.493 e. The summed E-state index contributed by atoms with van der Waals surface area (Å²) < 4.78 is 35.2. The Kier molecular flexibility index (Phi) is 7.40. The Labute approximate surface area is 195 Å². The van der Waals surface area contributed by atoms with Crippen LogP contribution in [0.3, 0.4) is 0 Å². The van der Waals surface area contributed by atoms with E-state index in [1.54, 1.807) is 18.2 Å². The number of rotatable bonds is 7. The van der Waals surface area contributed by atoms with Crippen LogP contribution in [-0.4, -0.2) is 27.7 Å². The van der Waals surface area contributed by atoms with Gasteiger partial charge in [0.25, 0.3) is 10.0 Å². The summed E-state index contributed by atoms with van der Waals surface area (Å²) in [6, 6.07) is 15.4. The van der Waals surface area contributed by atoms with Crippen LogP contribution >= 0.6 is 23.2 Å². The zero-order chi connectivity index (χ0) is 23.3. The molecule has 10 heteroatoms. The SMILES string of the molecule is COc1cc(C=NNS(=O)(=O)c2ccc(C)cc2)ccc1OC(=O)c1ccc(Cl)cc1Cl. The van der Waals surface area contributed by atoms with Crippen molar-refractivity contribution in [2.24, 2.45) is 5.10 Å². The van der Waals surface area contributed by atoms with E-state index < -0.39 is 16.0 Å². The molecule has 0 amide bonds. The normalized spacial score (nSPS) is 11.4. The lowest BCUT2D eigenvalue weighted by Gasteiger charge is -2.11. The Bertz CT molecular complexity index is 1280. The van der Waals surface area contributed by atoms with Gasteiger partial charge in [0.2, 0.25) is 0 Å². The Morgan fingerprint density at radius 2 is 1.72 bits per heavy atom. The molecule has 3 aromatic rings. The van der Waals surface area contributed by atoms with E-state index in [4.69, 9.17) is 32.7 Å². The molecule has 0 atom stereocenters. The van der Waals surface area contributed by atoms with Gasteiger partial charge < -0.3 is 9.47 Å². The molecule has 1 N–H and O–H groups in total. The van der Waals surface area contributed by atoms with Gasteiger partial charge in [0, 0.05) is 5.02 Å². The number of esters is 1. The summed E-state index contributed by atoms with van der Waals surface area (Å²) in [5.41, 5.74) is 1.60. The largest absolute Gasteiger partial charge is 0.493 e. The molecule has 0 spiro atoms. The molecular formula is C22H18Cl2N2O5S. The zero-order valence-corrected chi connectivity index (χ0v) is 19.3. The second kappa shape index (κ2) is 10.0. The molecule has 0 saturated carbocycles. The fraction of sp³-hybridized carbons (Fsp3) is 0.0909. The van der Waals surface area contributed by atoms with Crippen LogP contribution in [0.2, 0.25) is 10.0 Å². The fourth-order valence-corrected chi connectivity index (χ4v) is 3.88. The number of carbonyl (C=O) groups is 1. The number of hydrogen-bond donors (Lipinski definition) is 1. The van der Waals surface area contributed by atoms with Gasteiger partial charge in [-0.1, -0.05) is 40.9 Å². The lowest BCUT2D eigenvalue weighted by molar-refractivity contribution is 0.0730. The summed E-state index contributed by atoms with van der Waals surface area (Å²) >= 11 is 11.9. The van der Waals surface area contributed by atoms with Gasteiger partial charge in [-0.2, -0.15) is 13.5 Å². The van der Waals surface area contributed by atoms with Gasteiger partial charge in [0.15, 0.2) is 11.5 Å². The fourth-order valence-electron chi connectivity index (χ4n) is 2.60.